The Balaban J connectivity index is 1.54. The predicted octanol–water partition coefficient (Wildman–Crippen LogP) is 6.89. The van der Waals surface area contributed by atoms with Crippen LogP contribution in [0.15, 0.2) is 71.6 Å². The molecule has 6 nitrogen and oxygen atoms in total. The number of benzene rings is 3. The largest absolute Gasteiger partial charge is 0.488 e. The molecule has 0 spiro atoms. The lowest BCUT2D eigenvalue weighted by Gasteiger charge is -2.15. The molecule has 0 atom stereocenters. The van der Waals surface area contributed by atoms with Crippen molar-refractivity contribution in [3.63, 3.8) is 0 Å². The number of amides is 1. The number of nitro groups is 1. The summed E-state index contributed by atoms with van der Waals surface area (Å²) in [6, 6.07) is 18.3. The molecule has 0 N–H and O–H groups in total. The minimum atomic E-state index is -0.450. The number of para-hydroxylation sites is 1. The summed E-state index contributed by atoms with van der Waals surface area (Å²) in [4.78, 5) is 25.3. The van der Waals surface area contributed by atoms with Gasteiger partial charge in [0.1, 0.15) is 12.4 Å². The van der Waals surface area contributed by atoms with Gasteiger partial charge in [0.05, 0.1) is 25.6 Å². The van der Waals surface area contributed by atoms with E-state index in [1.54, 1.807) is 42.5 Å². The van der Waals surface area contributed by atoms with Gasteiger partial charge >= 0.3 is 0 Å². The molecule has 0 bridgehead atoms. The smallest absolute Gasteiger partial charge is 0.270 e. The number of carbonyl (C=O) groups is 1. The maximum Gasteiger partial charge on any atom is 0.270 e. The third-order valence-corrected chi connectivity index (χ3v) is 6.74. The summed E-state index contributed by atoms with van der Waals surface area (Å²) in [5.74, 6) is 0.296. The van der Waals surface area contributed by atoms with Gasteiger partial charge in [0.15, 0.2) is 4.32 Å². The summed E-state index contributed by atoms with van der Waals surface area (Å²) in [5, 5.41) is 11.5. The van der Waals surface area contributed by atoms with Crippen molar-refractivity contribution >= 4 is 74.9 Å². The maximum atomic E-state index is 13.1. The summed E-state index contributed by atoms with van der Waals surface area (Å²) in [6.07, 6.45) is 1.72. The summed E-state index contributed by atoms with van der Waals surface area (Å²) >= 11 is 18.7. The number of carbonyl (C=O) groups excluding carboxylic acids is 1. The second-order valence-electron chi connectivity index (χ2n) is 6.87. The number of hydrogen-bond donors (Lipinski definition) is 0. The van der Waals surface area contributed by atoms with Gasteiger partial charge in [-0.05, 0) is 48.0 Å². The number of halogens is 2. The number of ether oxygens (including phenoxy) is 1. The van der Waals surface area contributed by atoms with E-state index in [1.807, 2.05) is 18.2 Å². The first-order chi connectivity index (χ1) is 15.8. The fraction of sp³-hybridized carbons (Fsp3) is 0.0435. The average Bonchev–Trinajstić information content (AvgIpc) is 3.08. The number of anilines is 1. The Morgan fingerprint density at radius 3 is 2.48 bits per heavy atom. The SMILES string of the molecule is O=C1/C(=C\c2ccccc2OCc2ccc([N+](=O)[O-])cc2)SC(=S)N1c1ccc(Cl)c(Cl)c1. The van der Waals surface area contributed by atoms with Crippen LogP contribution in [0.4, 0.5) is 11.4 Å². The topological polar surface area (TPSA) is 72.7 Å². The molecule has 0 aliphatic carbocycles. The van der Waals surface area contributed by atoms with E-state index in [4.69, 9.17) is 40.2 Å². The molecule has 166 valence electrons. The Morgan fingerprint density at radius 1 is 1.06 bits per heavy atom. The van der Waals surface area contributed by atoms with Crippen molar-refractivity contribution in [2.75, 3.05) is 4.90 Å². The number of thioether (sulfide) groups is 1. The quantitative estimate of drug-likeness (QED) is 0.154. The second kappa shape index (κ2) is 9.93. The van der Waals surface area contributed by atoms with E-state index in [1.165, 1.54) is 28.8 Å². The van der Waals surface area contributed by atoms with E-state index in [-0.39, 0.29) is 18.2 Å². The van der Waals surface area contributed by atoms with Crippen molar-refractivity contribution in [1.29, 1.82) is 0 Å². The van der Waals surface area contributed by atoms with Crippen LogP contribution in [0.3, 0.4) is 0 Å². The highest BCUT2D eigenvalue weighted by molar-refractivity contribution is 8.27. The van der Waals surface area contributed by atoms with Crippen LogP contribution in [0.25, 0.3) is 6.08 Å². The lowest BCUT2D eigenvalue weighted by molar-refractivity contribution is -0.384. The zero-order valence-electron chi connectivity index (χ0n) is 16.7. The molecule has 3 aromatic rings. The molecule has 4 rings (SSSR count). The Morgan fingerprint density at radius 2 is 1.79 bits per heavy atom. The minimum absolute atomic E-state index is 0.0168. The highest BCUT2D eigenvalue weighted by Crippen LogP contribution is 2.38. The Bertz CT molecular complexity index is 1300. The molecule has 1 aliphatic rings. The third kappa shape index (κ3) is 5.20. The second-order valence-corrected chi connectivity index (χ2v) is 9.36. The van der Waals surface area contributed by atoms with Crippen LogP contribution in [-0.2, 0) is 11.4 Å². The van der Waals surface area contributed by atoms with Gasteiger partial charge in [-0.3, -0.25) is 19.8 Å². The molecule has 1 saturated heterocycles. The van der Waals surface area contributed by atoms with E-state index >= 15 is 0 Å². The molecule has 0 unspecified atom stereocenters. The molecular formula is C23H14Cl2N2O4S2. The van der Waals surface area contributed by atoms with Crippen LogP contribution >= 0.6 is 47.2 Å². The van der Waals surface area contributed by atoms with Gasteiger partial charge in [0.25, 0.3) is 11.6 Å². The van der Waals surface area contributed by atoms with Crippen LogP contribution in [0.1, 0.15) is 11.1 Å². The average molecular weight is 517 g/mol. The van der Waals surface area contributed by atoms with Gasteiger partial charge in [0, 0.05) is 17.7 Å². The van der Waals surface area contributed by atoms with Crippen LogP contribution in [-0.4, -0.2) is 15.2 Å². The van der Waals surface area contributed by atoms with Crippen LogP contribution < -0.4 is 9.64 Å². The lowest BCUT2D eigenvalue weighted by atomic mass is 10.1. The number of hydrogen-bond acceptors (Lipinski definition) is 6. The van der Waals surface area contributed by atoms with E-state index < -0.39 is 4.92 Å². The predicted molar refractivity (Wildman–Crippen MR) is 136 cm³/mol. The standard InChI is InChI=1S/C23H14Cl2N2O4S2/c24-18-10-9-17(12-19(18)25)26-22(28)21(33-23(26)32)11-15-3-1-2-4-20(15)31-13-14-5-7-16(8-6-14)27(29)30/h1-12H,13H2/b21-11+. The Hall–Kier alpha value is -2.91. The summed E-state index contributed by atoms with van der Waals surface area (Å²) < 4.78 is 6.31. The molecule has 10 heteroatoms. The monoisotopic (exact) mass is 516 g/mol. The van der Waals surface area contributed by atoms with Gasteiger partial charge in [-0.2, -0.15) is 0 Å². The van der Waals surface area contributed by atoms with Crippen LogP contribution in [0, 0.1) is 10.1 Å². The van der Waals surface area contributed by atoms with E-state index in [9.17, 15) is 14.9 Å². The first-order valence-electron chi connectivity index (χ1n) is 9.51. The zero-order chi connectivity index (χ0) is 23.5. The number of nitrogens with zero attached hydrogens (tertiary/aromatic N) is 2. The van der Waals surface area contributed by atoms with Crippen molar-refractivity contribution in [2.24, 2.45) is 0 Å². The van der Waals surface area contributed by atoms with E-state index in [2.05, 4.69) is 0 Å². The van der Waals surface area contributed by atoms with Crippen molar-refractivity contribution in [2.45, 2.75) is 6.61 Å². The van der Waals surface area contributed by atoms with E-state index in [0.29, 0.717) is 36.3 Å². The maximum absolute atomic E-state index is 13.1. The normalized spacial score (nSPS) is 14.7. The number of thiocarbonyl (C=S) groups is 1. The van der Waals surface area contributed by atoms with Gasteiger partial charge in [-0.25, -0.2) is 0 Å². The molecule has 0 saturated carbocycles. The molecule has 3 aromatic carbocycles. The van der Waals surface area contributed by atoms with Gasteiger partial charge in [-0.1, -0.05) is 65.4 Å². The molecule has 0 radical (unpaired) electrons. The Kier molecular flexibility index (Phi) is 6.99. The number of nitro benzene ring substituents is 1. The third-order valence-electron chi connectivity index (χ3n) is 4.70. The van der Waals surface area contributed by atoms with Gasteiger partial charge in [0.2, 0.25) is 0 Å². The summed E-state index contributed by atoms with van der Waals surface area (Å²) in [6.45, 7) is 0.215. The molecule has 1 amide bonds. The molecule has 1 fully saturated rings. The van der Waals surface area contributed by atoms with Crippen LogP contribution in [0.5, 0.6) is 5.75 Å². The number of rotatable bonds is 6. The molecule has 1 heterocycles. The fourth-order valence-corrected chi connectivity index (χ4v) is 4.64. The summed E-state index contributed by atoms with van der Waals surface area (Å²) in [7, 11) is 0. The minimum Gasteiger partial charge on any atom is -0.488 e. The van der Waals surface area contributed by atoms with Crippen LogP contribution in [0.2, 0.25) is 10.0 Å². The lowest BCUT2D eigenvalue weighted by Crippen LogP contribution is -2.27. The van der Waals surface area contributed by atoms with Crippen molar-refractivity contribution in [3.8, 4) is 5.75 Å². The number of non-ortho nitro benzene ring substituents is 1. The van der Waals surface area contributed by atoms with Crippen molar-refractivity contribution < 1.29 is 14.5 Å². The molecule has 1 aliphatic heterocycles. The molecule has 33 heavy (non-hydrogen) atoms. The summed E-state index contributed by atoms with van der Waals surface area (Å²) in [5.41, 5.74) is 2.04. The van der Waals surface area contributed by atoms with E-state index in [0.717, 1.165) is 5.56 Å². The molecular weight excluding hydrogens is 503 g/mol. The zero-order valence-corrected chi connectivity index (χ0v) is 19.9. The van der Waals surface area contributed by atoms with Gasteiger partial charge < -0.3 is 4.74 Å². The first kappa shape index (κ1) is 23.3. The highest BCUT2D eigenvalue weighted by atomic mass is 35.5. The Labute approximate surface area is 208 Å². The first-order valence-corrected chi connectivity index (χ1v) is 11.5. The fourth-order valence-electron chi connectivity index (χ4n) is 3.06. The van der Waals surface area contributed by atoms with Gasteiger partial charge in [-0.15, -0.1) is 0 Å². The molecule has 0 aromatic heterocycles. The highest BCUT2D eigenvalue weighted by Gasteiger charge is 2.33. The van der Waals surface area contributed by atoms with Crippen molar-refractivity contribution in [1.82, 2.24) is 0 Å². The van der Waals surface area contributed by atoms with Crippen molar-refractivity contribution in [3.05, 3.63) is 103 Å².